The molecule has 0 radical (unpaired) electrons. The molecule has 1 unspecified atom stereocenters. The van der Waals surface area contributed by atoms with Gasteiger partial charge in [0.05, 0.1) is 13.2 Å². The van der Waals surface area contributed by atoms with Crippen LogP contribution in [0, 0.1) is 0 Å². The number of hydrogen-bond donors (Lipinski definition) is 1. The van der Waals surface area contributed by atoms with E-state index in [1.54, 1.807) is 41.5 Å². The topological polar surface area (TPSA) is 189 Å². The first-order valence-electron chi connectivity index (χ1n) is 28.8. The lowest BCUT2D eigenvalue weighted by atomic mass is 9.80. The zero-order chi connectivity index (χ0) is 56.3. The highest BCUT2D eigenvalue weighted by atomic mass is 31.2. The van der Waals surface area contributed by atoms with Gasteiger partial charge < -0.3 is 33.7 Å². The van der Waals surface area contributed by atoms with Crippen LogP contribution in [0.4, 0.5) is 0 Å². The fourth-order valence-corrected chi connectivity index (χ4v) is 9.59. The minimum Gasteiger partial charge on any atom is -0.595 e. The quantitative estimate of drug-likeness (QED) is 0.0108. The van der Waals surface area contributed by atoms with Crippen LogP contribution >= 0.6 is 7.82 Å². The van der Waals surface area contributed by atoms with Gasteiger partial charge in [0.25, 0.3) is 0 Å². The molecule has 432 valence electrons. The van der Waals surface area contributed by atoms with Crippen LogP contribution < -0.4 is 5.11 Å². The zero-order valence-corrected chi connectivity index (χ0v) is 48.7. The molecule has 0 bridgehead atoms. The number of phosphoric acid groups is 1. The van der Waals surface area contributed by atoms with Crippen molar-refractivity contribution in [1.29, 1.82) is 0 Å². The smallest absolute Gasteiger partial charge is 0.472 e. The van der Waals surface area contributed by atoms with E-state index in [1.165, 1.54) is 57.8 Å². The van der Waals surface area contributed by atoms with Crippen LogP contribution in [0.1, 0.15) is 219 Å². The van der Waals surface area contributed by atoms with Gasteiger partial charge in [-0.15, -0.1) is 0 Å². The average Bonchev–Trinajstić information content (AvgIpc) is 3.39. The summed E-state index contributed by atoms with van der Waals surface area (Å²) < 4.78 is 52.0. The number of benzene rings is 3. The van der Waals surface area contributed by atoms with E-state index in [1.807, 2.05) is 18.2 Å². The van der Waals surface area contributed by atoms with Gasteiger partial charge in [-0.3, -0.25) is 23.6 Å². The van der Waals surface area contributed by atoms with Crippen LogP contribution in [-0.4, -0.2) is 78.7 Å². The Hall–Kier alpha value is -4.59. The highest BCUT2D eigenvalue weighted by Gasteiger charge is 2.37. The molecule has 0 amide bonds. The predicted molar refractivity (Wildman–Crippen MR) is 302 cm³/mol. The number of rotatable bonds is 41. The Morgan fingerprint density at radius 3 is 1.35 bits per heavy atom. The van der Waals surface area contributed by atoms with Crippen molar-refractivity contribution in [3.05, 3.63) is 108 Å². The molecule has 0 aromatic heterocycles. The largest absolute Gasteiger partial charge is 0.595 e. The molecule has 0 saturated heterocycles. The van der Waals surface area contributed by atoms with Crippen LogP contribution in [0.2, 0.25) is 0 Å². The number of aliphatic imine (C=N–C) groups is 1. The third-order valence-electron chi connectivity index (χ3n) is 12.8. The Bertz CT molecular complexity index is 2030. The summed E-state index contributed by atoms with van der Waals surface area (Å²) in [5.74, 6) is -2.04. The molecule has 3 aromatic carbocycles. The van der Waals surface area contributed by atoms with E-state index in [0.717, 1.165) is 87.3 Å². The maximum Gasteiger partial charge on any atom is 0.472 e. The van der Waals surface area contributed by atoms with E-state index >= 15 is 0 Å². The first-order chi connectivity index (χ1) is 36.8. The standard InChI is InChI=1S/C62H96NO13P/c1-8-9-10-11-12-13-14-15-16-18-21-24-36-45-56(64)70-48-54(49-72-77(68,69)73-50-55(58(66)75-60(2,3)4)63-59(67)76-61(5,6)7)74-57(65)46-37-25-22-19-17-20-23-26-38-47-71-62(51-39-30-27-31-40-51,52-41-32-28-33-42-52)53-43-34-29-35-44-53/h27-35,39-44,54-55H,8-26,36-38,45-50H2,1-7H3,(H,63,67)(H,68,69)/p-1/t54-,55+/m1/s1. The molecule has 0 aliphatic heterocycles. The van der Waals surface area contributed by atoms with Crippen molar-refractivity contribution < 1.29 is 61.7 Å². The summed E-state index contributed by atoms with van der Waals surface area (Å²) >= 11 is 0. The fraction of sp³-hybridized carbons (Fsp3) is 0.645. The minimum atomic E-state index is -4.96. The number of esters is 3. The van der Waals surface area contributed by atoms with Gasteiger partial charge in [-0.25, -0.2) is 9.36 Å². The molecule has 14 nitrogen and oxygen atoms in total. The van der Waals surface area contributed by atoms with E-state index in [4.69, 9.17) is 32.7 Å². The summed E-state index contributed by atoms with van der Waals surface area (Å²) in [5.41, 5.74) is 0.657. The molecule has 0 heterocycles. The maximum absolute atomic E-state index is 13.1. The van der Waals surface area contributed by atoms with Crippen molar-refractivity contribution in [1.82, 2.24) is 0 Å². The number of carbonyl (C=O) groups excluding carboxylic acids is 3. The normalized spacial score (nSPS) is 13.8. The van der Waals surface area contributed by atoms with Gasteiger partial charge in [0.2, 0.25) is 0 Å². The van der Waals surface area contributed by atoms with Gasteiger partial charge in [-0.1, -0.05) is 241 Å². The zero-order valence-electron chi connectivity index (χ0n) is 47.9. The lowest BCUT2D eigenvalue weighted by Crippen LogP contribution is -2.38. The number of phosphoric ester groups is 1. The predicted octanol–water partition coefficient (Wildman–Crippen LogP) is 14.2. The van der Waals surface area contributed by atoms with Crippen LogP contribution in [0.25, 0.3) is 0 Å². The van der Waals surface area contributed by atoms with Crippen LogP contribution in [0.15, 0.2) is 96.0 Å². The van der Waals surface area contributed by atoms with Gasteiger partial charge in [0.1, 0.15) is 23.9 Å². The number of unbranched alkanes of at least 4 members (excludes halogenated alkanes) is 20. The van der Waals surface area contributed by atoms with E-state index in [-0.39, 0.29) is 12.8 Å². The Labute approximate surface area is 462 Å². The summed E-state index contributed by atoms with van der Waals surface area (Å²) in [6.45, 7) is 10.6. The summed E-state index contributed by atoms with van der Waals surface area (Å²) in [6.07, 6.45) is 21.8. The van der Waals surface area contributed by atoms with Gasteiger partial charge in [0.15, 0.2) is 12.1 Å². The lowest BCUT2D eigenvalue weighted by Gasteiger charge is -2.36. The minimum absolute atomic E-state index is 0.0941. The van der Waals surface area contributed by atoms with Crippen molar-refractivity contribution in [3.63, 3.8) is 0 Å². The Morgan fingerprint density at radius 1 is 0.532 bits per heavy atom. The third-order valence-corrected chi connectivity index (χ3v) is 13.7. The molecule has 1 N–H and O–H groups in total. The molecule has 15 heteroatoms. The van der Waals surface area contributed by atoms with Crippen LogP contribution in [0.5, 0.6) is 0 Å². The summed E-state index contributed by atoms with van der Waals surface area (Å²) in [4.78, 5) is 53.2. The van der Waals surface area contributed by atoms with E-state index in [9.17, 15) is 28.9 Å². The molecule has 3 rings (SSSR count). The van der Waals surface area contributed by atoms with Crippen LogP contribution in [-0.2, 0) is 57.3 Å². The van der Waals surface area contributed by atoms with Crippen molar-refractivity contribution >= 4 is 31.8 Å². The highest BCUT2D eigenvalue weighted by Crippen LogP contribution is 2.44. The molecule has 0 aliphatic rings. The Kier molecular flexibility index (Phi) is 32.3. The van der Waals surface area contributed by atoms with Gasteiger partial charge in [-0.2, -0.15) is 0 Å². The molecule has 0 saturated carbocycles. The van der Waals surface area contributed by atoms with Crippen molar-refractivity contribution in [2.75, 3.05) is 26.4 Å². The van der Waals surface area contributed by atoms with E-state index < -0.39 is 80.6 Å². The third kappa shape index (κ3) is 29.8. The molecule has 0 spiro atoms. The van der Waals surface area contributed by atoms with Crippen LogP contribution in [0.3, 0.4) is 0 Å². The number of carbonyl (C=O) groups is 3. The first kappa shape index (κ1) is 66.7. The lowest BCUT2D eigenvalue weighted by molar-refractivity contribution is -0.261. The highest BCUT2D eigenvalue weighted by molar-refractivity contribution is 7.47. The van der Waals surface area contributed by atoms with Crippen molar-refractivity contribution in [2.45, 2.75) is 232 Å². The Morgan fingerprint density at radius 2 is 0.922 bits per heavy atom. The van der Waals surface area contributed by atoms with Crippen molar-refractivity contribution in [3.8, 4) is 0 Å². The SMILES string of the molecule is CCCCCCCCCCCCCCCC(=O)OC[C@H](COP(=O)(O)OC[C@H](N=C([O-])OC(C)(C)C)C(=O)OC(C)(C)C)OC(=O)CCCCCCCCCCCOC(c1ccccc1)(c1ccccc1)c1ccccc1. The number of ether oxygens (including phenoxy) is 5. The molecule has 3 aromatic rings. The van der Waals surface area contributed by atoms with Crippen molar-refractivity contribution in [2.24, 2.45) is 4.99 Å². The monoisotopic (exact) mass is 1090 g/mol. The van der Waals surface area contributed by atoms with E-state index in [2.05, 4.69) is 84.7 Å². The molecule has 3 atom stereocenters. The van der Waals surface area contributed by atoms with Gasteiger partial charge in [0, 0.05) is 25.0 Å². The molecule has 0 fully saturated rings. The molecule has 0 aliphatic carbocycles. The summed E-state index contributed by atoms with van der Waals surface area (Å²) in [5, 5.41) is 12.5. The first-order valence-corrected chi connectivity index (χ1v) is 30.3. The molecule has 77 heavy (non-hydrogen) atoms. The summed E-state index contributed by atoms with van der Waals surface area (Å²) in [7, 11) is -4.96. The average molecular weight is 1090 g/mol. The number of hydrogen-bond acceptors (Lipinski definition) is 13. The Balaban J connectivity index is 1.45. The second-order valence-electron chi connectivity index (χ2n) is 22.1. The molecular weight excluding hydrogens is 998 g/mol. The van der Waals surface area contributed by atoms with Gasteiger partial charge in [-0.05, 0) is 56.7 Å². The second kappa shape index (κ2) is 37.3. The maximum atomic E-state index is 13.1. The second-order valence-corrected chi connectivity index (χ2v) is 23.5. The van der Waals surface area contributed by atoms with E-state index in [0.29, 0.717) is 19.4 Å². The number of nitrogens with zero attached hydrogens (tertiary/aromatic N) is 1. The molecular formula is C62H95NO13P-. The summed E-state index contributed by atoms with van der Waals surface area (Å²) in [6, 6.07) is 29.6. The van der Waals surface area contributed by atoms with Gasteiger partial charge >= 0.3 is 25.7 Å². The fourth-order valence-electron chi connectivity index (χ4n) is 8.83.